The number of nitrogens with zero attached hydrogens (tertiary/aromatic N) is 8. The van der Waals surface area contributed by atoms with Crippen LogP contribution in [0.5, 0.6) is 0 Å². The zero-order chi connectivity index (χ0) is 26.8. The number of aryl methyl sites for hydroxylation is 3. The summed E-state index contributed by atoms with van der Waals surface area (Å²) in [5.74, 6) is -0.325. The van der Waals surface area contributed by atoms with Gasteiger partial charge in [-0.2, -0.15) is 5.10 Å². The first-order chi connectivity index (χ1) is 18.2. The molecule has 6 heterocycles. The quantitative estimate of drug-likeness (QED) is 0.377. The van der Waals surface area contributed by atoms with Gasteiger partial charge < -0.3 is 14.4 Å². The number of hydrogen-bond donors (Lipinski definition) is 1. The van der Waals surface area contributed by atoms with Crippen molar-refractivity contribution in [2.24, 2.45) is 20.0 Å². The number of fused-ring (bicyclic) bond motifs is 3. The predicted molar refractivity (Wildman–Crippen MR) is 140 cm³/mol. The molecule has 0 bridgehead atoms. The van der Waals surface area contributed by atoms with Crippen molar-refractivity contribution in [1.82, 2.24) is 39.3 Å². The molecule has 1 fully saturated rings. The smallest absolute Gasteiger partial charge is 0.146 e. The Labute approximate surface area is 219 Å². The Hall–Kier alpha value is -3.70. The van der Waals surface area contributed by atoms with Crippen molar-refractivity contribution in [2.75, 3.05) is 13.2 Å². The van der Waals surface area contributed by atoms with Crippen LogP contribution >= 0.6 is 0 Å². The van der Waals surface area contributed by atoms with Gasteiger partial charge in [0.25, 0.3) is 0 Å². The fourth-order valence-corrected chi connectivity index (χ4v) is 6.00. The summed E-state index contributed by atoms with van der Waals surface area (Å²) in [5, 5.41) is 24.5. The lowest BCUT2D eigenvalue weighted by Crippen LogP contribution is -2.29. The number of hydrogen-bond acceptors (Lipinski definition) is 7. The summed E-state index contributed by atoms with van der Waals surface area (Å²) in [5.41, 5.74) is 5.06. The molecule has 0 amide bonds. The van der Waals surface area contributed by atoms with Crippen LogP contribution in [0.1, 0.15) is 49.8 Å². The highest BCUT2D eigenvalue weighted by molar-refractivity contribution is 6.05. The first-order valence-corrected chi connectivity index (χ1v) is 12.8. The molecular formula is C27H31FN8O2. The number of aromatic nitrogens is 8. The highest BCUT2D eigenvalue weighted by Gasteiger charge is 2.37. The average Bonchev–Trinajstić information content (AvgIpc) is 3.50. The highest BCUT2D eigenvalue weighted by atomic mass is 19.1. The van der Waals surface area contributed by atoms with E-state index in [0.717, 1.165) is 40.8 Å². The third-order valence-electron chi connectivity index (χ3n) is 7.52. The van der Waals surface area contributed by atoms with Crippen LogP contribution in [0, 0.1) is 18.7 Å². The van der Waals surface area contributed by atoms with E-state index in [9.17, 15) is 5.11 Å². The standard InChI is InChI=1S/C27H31FN8O2/c1-15-23(34(4)33-31-15)17-13-19-21(30-14-17)22-25(26(27(2,3)37)35(5)32-22)36(19)24(16-8-11-38-12-9-16)20-18(28)7-6-10-29-20/h6-7,10,13-14,16,24,37H,8-9,11-12H2,1-5H3. The minimum absolute atomic E-state index is 0.0468. The third-order valence-corrected chi connectivity index (χ3v) is 7.52. The summed E-state index contributed by atoms with van der Waals surface area (Å²) in [6.07, 6.45) is 4.92. The summed E-state index contributed by atoms with van der Waals surface area (Å²) in [6, 6.07) is 4.63. The van der Waals surface area contributed by atoms with Gasteiger partial charge in [-0.3, -0.25) is 14.6 Å². The van der Waals surface area contributed by atoms with Gasteiger partial charge in [0.2, 0.25) is 0 Å². The van der Waals surface area contributed by atoms with Crippen molar-refractivity contribution in [1.29, 1.82) is 0 Å². The van der Waals surface area contributed by atoms with Crippen molar-refractivity contribution in [3.63, 3.8) is 0 Å². The van der Waals surface area contributed by atoms with Gasteiger partial charge in [-0.1, -0.05) is 5.21 Å². The second-order valence-electron chi connectivity index (χ2n) is 10.6. The van der Waals surface area contributed by atoms with Crippen molar-refractivity contribution >= 4 is 22.1 Å². The third kappa shape index (κ3) is 3.80. The van der Waals surface area contributed by atoms with Gasteiger partial charge in [0.1, 0.15) is 22.5 Å². The van der Waals surface area contributed by atoms with Crippen LogP contribution < -0.4 is 0 Å². The topological polar surface area (TPSA) is 109 Å². The lowest BCUT2D eigenvalue weighted by Gasteiger charge is -2.33. The molecule has 5 aromatic heterocycles. The summed E-state index contributed by atoms with van der Waals surface area (Å²) in [4.78, 5) is 9.41. The van der Waals surface area contributed by atoms with Gasteiger partial charge in [-0.05, 0) is 57.7 Å². The molecule has 0 radical (unpaired) electrons. The first-order valence-electron chi connectivity index (χ1n) is 12.8. The molecule has 1 atom stereocenters. The maximum atomic E-state index is 15.5. The van der Waals surface area contributed by atoms with E-state index in [0.29, 0.717) is 35.6 Å². The number of aliphatic hydroxyl groups is 1. The maximum Gasteiger partial charge on any atom is 0.146 e. The van der Waals surface area contributed by atoms with Crippen LogP contribution in [0.4, 0.5) is 4.39 Å². The van der Waals surface area contributed by atoms with E-state index in [1.165, 1.54) is 6.07 Å². The van der Waals surface area contributed by atoms with Crippen LogP contribution in [0.3, 0.4) is 0 Å². The van der Waals surface area contributed by atoms with Crippen molar-refractivity contribution in [3.8, 4) is 11.3 Å². The second kappa shape index (κ2) is 8.95. The largest absolute Gasteiger partial charge is 0.384 e. The van der Waals surface area contributed by atoms with Crippen LogP contribution in [-0.2, 0) is 24.4 Å². The van der Waals surface area contributed by atoms with Crippen molar-refractivity contribution in [3.05, 3.63) is 53.5 Å². The molecule has 0 spiro atoms. The molecule has 1 unspecified atom stereocenters. The molecule has 1 aliphatic rings. The monoisotopic (exact) mass is 518 g/mol. The van der Waals surface area contributed by atoms with E-state index in [-0.39, 0.29) is 11.7 Å². The average molecular weight is 519 g/mol. The van der Waals surface area contributed by atoms with Crippen molar-refractivity contribution in [2.45, 2.75) is 45.3 Å². The van der Waals surface area contributed by atoms with Crippen LogP contribution in [-0.4, -0.2) is 57.6 Å². The highest BCUT2D eigenvalue weighted by Crippen LogP contribution is 2.43. The summed E-state index contributed by atoms with van der Waals surface area (Å²) in [6.45, 7) is 6.56. The van der Waals surface area contributed by atoms with Crippen LogP contribution in [0.15, 0.2) is 30.6 Å². The first kappa shape index (κ1) is 24.6. The second-order valence-corrected chi connectivity index (χ2v) is 10.6. The SMILES string of the molecule is Cc1nnn(C)c1-c1cnc2c3nn(C)c(C(C)(C)O)c3n(C(c3ncccc3F)C3CCOCC3)c2c1. The Bertz CT molecular complexity index is 1640. The van der Waals surface area contributed by atoms with Gasteiger partial charge in [0, 0.05) is 45.3 Å². The zero-order valence-electron chi connectivity index (χ0n) is 22.2. The number of pyridine rings is 2. The Morgan fingerprint density at radius 2 is 1.89 bits per heavy atom. The molecule has 38 heavy (non-hydrogen) atoms. The molecular weight excluding hydrogens is 487 g/mol. The lowest BCUT2D eigenvalue weighted by atomic mass is 9.88. The molecule has 0 aliphatic carbocycles. The summed E-state index contributed by atoms with van der Waals surface area (Å²) >= 11 is 0. The number of halogens is 1. The lowest BCUT2D eigenvalue weighted by molar-refractivity contribution is 0.0536. The molecule has 1 N–H and O–H groups in total. The summed E-state index contributed by atoms with van der Waals surface area (Å²) in [7, 11) is 3.66. The summed E-state index contributed by atoms with van der Waals surface area (Å²) < 4.78 is 26.7. The van der Waals surface area contributed by atoms with Gasteiger partial charge in [0.05, 0.1) is 39.9 Å². The molecule has 198 valence electrons. The van der Waals surface area contributed by atoms with Crippen LogP contribution in [0.25, 0.3) is 33.3 Å². The van der Waals surface area contributed by atoms with Crippen molar-refractivity contribution < 1.29 is 14.2 Å². The fourth-order valence-electron chi connectivity index (χ4n) is 6.00. The van der Waals surface area contributed by atoms with E-state index in [1.807, 2.05) is 27.1 Å². The van der Waals surface area contributed by atoms with Gasteiger partial charge in [-0.15, -0.1) is 5.10 Å². The van der Waals surface area contributed by atoms with Gasteiger partial charge in [0.15, 0.2) is 0 Å². The molecule has 0 saturated carbocycles. The minimum atomic E-state index is -1.22. The maximum absolute atomic E-state index is 15.5. The van der Waals surface area contributed by atoms with Crippen LogP contribution in [0.2, 0.25) is 0 Å². The van der Waals surface area contributed by atoms with E-state index in [2.05, 4.69) is 19.9 Å². The normalized spacial score (nSPS) is 16.1. The van der Waals surface area contributed by atoms with Gasteiger partial charge >= 0.3 is 0 Å². The Morgan fingerprint density at radius 3 is 2.55 bits per heavy atom. The van der Waals surface area contributed by atoms with E-state index in [1.54, 1.807) is 41.7 Å². The molecule has 5 aromatic rings. The molecule has 11 heteroatoms. The molecule has 10 nitrogen and oxygen atoms in total. The fraction of sp³-hybridized carbons (Fsp3) is 0.444. The Morgan fingerprint density at radius 1 is 1.13 bits per heavy atom. The minimum Gasteiger partial charge on any atom is -0.384 e. The molecule has 1 saturated heterocycles. The van der Waals surface area contributed by atoms with E-state index < -0.39 is 11.6 Å². The van der Waals surface area contributed by atoms with E-state index in [4.69, 9.17) is 14.8 Å². The van der Waals surface area contributed by atoms with Gasteiger partial charge in [-0.25, -0.2) is 9.07 Å². The zero-order valence-corrected chi connectivity index (χ0v) is 22.2. The number of ether oxygens (including phenoxy) is 1. The molecule has 1 aliphatic heterocycles. The Kier molecular flexibility index (Phi) is 5.80. The molecule has 0 aromatic carbocycles. The number of rotatable bonds is 5. The van der Waals surface area contributed by atoms with E-state index >= 15 is 4.39 Å². The Balaban J connectivity index is 1.75. The predicted octanol–water partition coefficient (Wildman–Crippen LogP) is 3.80. The molecule has 6 rings (SSSR count).